The summed E-state index contributed by atoms with van der Waals surface area (Å²) in [7, 11) is 5.62. The standard InChI is InChI=1S/C18H30N4O2/c1-14(24-17-10-6-5-9-16(17)23-4)12-20-18(19-2)21-13-15-8-7-11-22(15)3/h5-6,9-10,14-15H,7-8,11-13H2,1-4H3,(H2,19,20,21). The summed E-state index contributed by atoms with van der Waals surface area (Å²) in [5.74, 6) is 2.31. The number of nitrogens with zero attached hydrogens (tertiary/aromatic N) is 2. The van der Waals surface area contributed by atoms with Crippen LogP contribution in [0.25, 0.3) is 0 Å². The summed E-state index contributed by atoms with van der Waals surface area (Å²) < 4.78 is 11.3. The number of hydrogen-bond acceptors (Lipinski definition) is 4. The number of methoxy groups -OCH3 is 1. The minimum atomic E-state index is -0.00555. The van der Waals surface area contributed by atoms with E-state index in [1.807, 2.05) is 31.2 Å². The molecule has 0 saturated carbocycles. The molecule has 0 bridgehead atoms. The third kappa shape index (κ3) is 5.30. The molecule has 2 N–H and O–H groups in total. The predicted octanol–water partition coefficient (Wildman–Crippen LogP) is 1.72. The number of guanidine groups is 1. The Bertz CT molecular complexity index is 536. The smallest absolute Gasteiger partial charge is 0.191 e. The van der Waals surface area contributed by atoms with Crippen LogP contribution in [0.5, 0.6) is 11.5 Å². The average Bonchev–Trinajstić information content (AvgIpc) is 3.00. The van der Waals surface area contributed by atoms with Gasteiger partial charge in [-0.05, 0) is 45.5 Å². The zero-order chi connectivity index (χ0) is 17.4. The molecule has 2 unspecified atom stereocenters. The maximum Gasteiger partial charge on any atom is 0.191 e. The van der Waals surface area contributed by atoms with E-state index in [0.717, 1.165) is 24.0 Å². The van der Waals surface area contributed by atoms with E-state index in [4.69, 9.17) is 9.47 Å². The molecular formula is C18H30N4O2. The number of para-hydroxylation sites is 2. The maximum atomic E-state index is 5.95. The lowest BCUT2D eigenvalue weighted by molar-refractivity contribution is 0.213. The maximum absolute atomic E-state index is 5.95. The van der Waals surface area contributed by atoms with Crippen molar-refractivity contribution < 1.29 is 9.47 Å². The molecule has 1 saturated heterocycles. The Kier molecular flexibility index (Phi) is 7.18. The van der Waals surface area contributed by atoms with Gasteiger partial charge < -0.3 is 25.0 Å². The largest absolute Gasteiger partial charge is 0.493 e. The lowest BCUT2D eigenvalue weighted by Gasteiger charge is -2.22. The molecule has 1 aromatic carbocycles. The van der Waals surface area contributed by atoms with Crippen LogP contribution in [0.15, 0.2) is 29.3 Å². The van der Waals surface area contributed by atoms with Crippen LogP contribution in [0.2, 0.25) is 0 Å². The van der Waals surface area contributed by atoms with Crippen LogP contribution in [0, 0.1) is 0 Å². The van der Waals surface area contributed by atoms with Gasteiger partial charge in [0.1, 0.15) is 6.10 Å². The number of likely N-dealkylation sites (tertiary alicyclic amines) is 1. The highest BCUT2D eigenvalue weighted by atomic mass is 16.5. The van der Waals surface area contributed by atoms with Crippen molar-refractivity contribution >= 4 is 5.96 Å². The molecular weight excluding hydrogens is 304 g/mol. The van der Waals surface area contributed by atoms with E-state index in [1.165, 1.54) is 19.4 Å². The minimum absolute atomic E-state index is 0.00555. The number of ether oxygens (including phenoxy) is 2. The fourth-order valence-electron chi connectivity index (χ4n) is 2.89. The minimum Gasteiger partial charge on any atom is -0.493 e. The van der Waals surface area contributed by atoms with Gasteiger partial charge in [-0.25, -0.2) is 0 Å². The molecule has 0 radical (unpaired) electrons. The van der Waals surface area contributed by atoms with Crippen LogP contribution in [-0.4, -0.2) is 63.8 Å². The van der Waals surface area contributed by atoms with E-state index in [9.17, 15) is 0 Å². The molecule has 1 aliphatic heterocycles. The molecule has 1 fully saturated rings. The van der Waals surface area contributed by atoms with Gasteiger partial charge in [0.05, 0.1) is 13.7 Å². The summed E-state index contributed by atoms with van der Waals surface area (Å²) in [6, 6.07) is 8.27. The molecule has 1 heterocycles. The van der Waals surface area contributed by atoms with Gasteiger partial charge in [-0.2, -0.15) is 0 Å². The third-order valence-electron chi connectivity index (χ3n) is 4.35. The molecule has 0 spiro atoms. The van der Waals surface area contributed by atoms with Gasteiger partial charge in [-0.3, -0.25) is 4.99 Å². The number of rotatable bonds is 7. The summed E-state index contributed by atoms with van der Waals surface area (Å²) in [6.45, 7) is 4.79. The number of hydrogen-bond donors (Lipinski definition) is 2. The zero-order valence-corrected chi connectivity index (χ0v) is 15.2. The van der Waals surface area contributed by atoms with Crippen LogP contribution in [-0.2, 0) is 0 Å². The van der Waals surface area contributed by atoms with Gasteiger partial charge in [0, 0.05) is 19.6 Å². The van der Waals surface area contributed by atoms with Crippen molar-refractivity contribution in [1.29, 1.82) is 0 Å². The number of aliphatic imine (C=N–C) groups is 1. The molecule has 24 heavy (non-hydrogen) atoms. The molecule has 0 aliphatic carbocycles. The Hall–Kier alpha value is -1.95. The van der Waals surface area contributed by atoms with Crippen molar-refractivity contribution in [2.24, 2.45) is 4.99 Å². The summed E-state index contributed by atoms with van der Waals surface area (Å²) in [5.41, 5.74) is 0. The molecule has 6 heteroatoms. The topological polar surface area (TPSA) is 58.1 Å². The van der Waals surface area contributed by atoms with E-state index in [1.54, 1.807) is 14.2 Å². The van der Waals surface area contributed by atoms with Gasteiger partial charge in [-0.1, -0.05) is 12.1 Å². The SMILES string of the molecule is CN=C(NCC(C)Oc1ccccc1OC)NCC1CCCN1C. The Balaban J connectivity index is 1.75. The van der Waals surface area contributed by atoms with Crippen molar-refractivity contribution in [1.82, 2.24) is 15.5 Å². The second kappa shape index (κ2) is 9.37. The van der Waals surface area contributed by atoms with Crippen LogP contribution in [0.3, 0.4) is 0 Å². The van der Waals surface area contributed by atoms with Crippen molar-refractivity contribution in [3.05, 3.63) is 24.3 Å². The molecule has 0 aromatic heterocycles. The van der Waals surface area contributed by atoms with Crippen LogP contribution in [0.4, 0.5) is 0 Å². The molecule has 6 nitrogen and oxygen atoms in total. The highest BCUT2D eigenvalue weighted by Crippen LogP contribution is 2.26. The van der Waals surface area contributed by atoms with E-state index >= 15 is 0 Å². The lowest BCUT2D eigenvalue weighted by atomic mass is 10.2. The number of likely N-dealkylation sites (N-methyl/N-ethyl adjacent to an activating group) is 1. The highest BCUT2D eigenvalue weighted by Gasteiger charge is 2.20. The van der Waals surface area contributed by atoms with Crippen LogP contribution < -0.4 is 20.1 Å². The van der Waals surface area contributed by atoms with Gasteiger partial charge >= 0.3 is 0 Å². The molecule has 1 aliphatic rings. The Morgan fingerprint density at radius 3 is 2.71 bits per heavy atom. The number of benzene rings is 1. The Morgan fingerprint density at radius 1 is 1.33 bits per heavy atom. The summed E-state index contributed by atoms with van der Waals surface area (Å²) in [6.07, 6.45) is 2.51. The first-order chi connectivity index (χ1) is 11.6. The van der Waals surface area contributed by atoms with E-state index < -0.39 is 0 Å². The Morgan fingerprint density at radius 2 is 2.08 bits per heavy atom. The van der Waals surface area contributed by atoms with Gasteiger partial charge in [0.25, 0.3) is 0 Å². The first-order valence-corrected chi connectivity index (χ1v) is 8.58. The summed E-state index contributed by atoms with van der Waals surface area (Å²) in [4.78, 5) is 6.68. The van der Waals surface area contributed by atoms with E-state index in [0.29, 0.717) is 12.6 Å². The molecule has 2 atom stereocenters. The molecule has 134 valence electrons. The fraction of sp³-hybridized carbons (Fsp3) is 0.611. The first-order valence-electron chi connectivity index (χ1n) is 8.58. The van der Waals surface area contributed by atoms with Crippen molar-refractivity contribution in [2.75, 3.05) is 40.8 Å². The van der Waals surface area contributed by atoms with Crippen molar-refractivity contribution in [2.45, 2.75) is 31.9 Å². The zero-order valence-electron chi connectivity index (χ0n) is 15.2. The second-order valence-electron chi connectivity index (χ2n) is 6.19. The first kappa shape index (κ1) is 18.4. The van der Waals surface area contributed by atoms with Gasteiger partial charge in [-0.15, -0.1) is 0 Å². The second-order valence-corrected chi connectivity index (χ2v) is 6.19. The fourth-order valence-corrected chi connectivity index (χ4v) is 2.89. The monoisotopic (exact) mass is 334 g/mol. The molecule has 0 amide bonds. The highest BCUT2D eigenvalue weighted by molar-refractivity contribution is 5.79. The normalized spacial score (nSPS) is 19.8. The Labute approximate surface area is 145 Å². The van der Waals surface area contributed by atoms with E-state index in [-0.39, 0.29) is 6.10 Å². The lowest BCUT2D eigenvalue weighted by Crippen LogP contribution is -2.46. The average molecular weight is 334 g/mol. The van der Waals surface area contributed by atoms with Gasteiger partial charge in [0.15, 0.2) is 17.5 Å². The molecule has 2 rings (SSSR count). The van der Waals surface area contributed by atoms with E-state index in [2.05, 4.69) is 27.6 Å². The van der Waals surface area contributed by atoms with Crippen LogP contribution >= 0.6 is 0 Å². The summed E-state index contributed by atoms with van der Waals surface area (Å²) in [5, 5.41) is 6.72. The van der Waals surface area contributed by atoms with Crippen molar-refractivity contribution in [3.8, 4) is 11.5 Å². The van der Waals surface area contributed by atoms with Crippen molar-refractivity contribution in [3.63, 3.8) is 0 Å². The predicted molar refractivity (Wildman–Crippen MR) is 98.1 cm³/mol. The molecule has 1 aromatic rings. The quantitative estimate of drug-likeness (QED) is 0.587. The third-order valence-corrected chi connectivity index (χ3v) is 4.35. The number of nitrogens with one attached hydrogen (secondary N) is 2. The van der Waals surface area contributed by atoms with Crippen LogP contribution in [0.1, 0.15) is 19.8 Å². The summed E-state index contributed by atoms with van der Waals surface area (Å²) >= 11 is 0. The van der Waals surface area contributed by atoms with Gasteiger partial charge in [0.2, 0.25) is 0 Å².